The second-order valence-corrected chi connectivity index (χ2v) is 4.03. The molecule has 0 spiro atoms. The molecule has 19 heavy (non-hydrogen) atoms. The number of amidine groups is 1. The Morgan fingerprint density at radius 2 is 1.79 bits per heavy atom. The fourth-order valence-corrected chi connectivity index (χ4v) is 1.74. The standard InChI is InChI=1S/C11H19N5O3/c1-7-8(2)13-14-11(9(7)10(12)15-19)16(3-5-17)4-6-18/h17-19H,3-6H2,1-2H3,(H2,12,15). The first-order valence-electron chi connectivity index (χ1n) is 5.85. The summed E-state index contributed by atoms with van der Waals surface area (Å²) < 4.78 is 0. The van der Waals surface area contributed by atoms with Gasteiger partial charge in [-0.05, 0) is 19.4 Å². The Kier molecular flexibility index (Phi) is 5.46. The summed E-state index contributed by atoms with van der Waals surface area (Å²) >= 11 is 0. The van der Waals surface area contributed by atoms with Gasteiger partial charge in [-0.15, -0.1) is 5.10 Å². The third-order valence-electron chi connectivity index (χ3n) is 2.84. The molecule has 0 aliphatic rings. The third kappa shape index (κ3) is 3.30. The van der Waals surface area contributed by atoms with Crippen LogP contribution in [-0.2, 0) is 0 Å². The van der Waals surface area contributed by atoms with Gasteiger partial charge in [-0.25, -0.2) is 0 Å². The highest BCUT2D eigenvalue weighted by atomic mass is 16.4. The maximum atomic E-state index is 9.05. The van der Waals surface area contributed by atoms with Crippen LogP contribution in [0.25, 0.3) is 0 Å². The molecule has 8 nitrogen and oxygen atoms in total. The molecule has 0 unspecified atom stereocenters. The molecule has 1 aromatic heterocycles. The molecule has 5 N–H and O–H groups in total. The Morgan fingerprint density at radius 1 is 1.21 bits per heavy atom. The molecule has 0 amide bonds. The van der Waals surface area contributed by atoms with E-state index in [-0.39, 0.29) is 32.1 Å². The Bertz CT molecular complexity index is 458. The Labute approximate surface area is 111 Å². The maximum Gasteiger partial charge on any atom is 0.174 e. The van der Waals surface area contributed by atoms with Crippen LogP contribution in [0.1, 0.15) is 16.8 Å². The predicted octanol–water partition coefficient (Wildman–Crippen LogP) is -1.02. The van der Waals surface area contributed by atoms with E-state index < -0.39 is 0 Å². The van der Waals surface area contributed by atoms with Gasteiger partial charge in [-0.2, -0.15) is 5.10 Å². The Hall–Kier alpha value is -1.93. The number of rotatable bonds is 6. The quantitative estimate of drug-likeness (QED) is 0.225. The third-order valence-corrected chi connectivity index (χ3v) is 2.84. The zero-order chi connectivity index (χ0) is 14.4. The van der Waals surface area contributed by atoms with Crippen LogP contribution in [0.4, 0.5) is 5.82 Å². The lowest BCUT2D eigenvalue weighted by Crippen LogP contribution is -2.33. The highest BCUT2D eigenvalue weighted by Crippen LogP contribution is 2.21. The molecule has 0 aromatic carbocycles. The molecule has 0 saturated carbocycles. The number of aliphatic hydroxyl groups is 2. The van der Waals surface area contributed by atoms with Crippen molar-refractivity contribution in [3.8, 4) is 0 Å². The zero-order valence-corrected chi connectivity index (χ0v) is 11.0. The average Bonchev–Trinajstić information content (AvgIpc) is 2.40. The second-order valence-electron chi connectivity index (χ2n) is 4.03. The molecule has 0 bridgehead atoms. The summed E-state index contributed by atoms with van der Waals surface area (Å²) in [7, 11) is 0. The first-order chi connectivity index (χ1) is 9.06. The number of anilines is 1. The van der Waals surface area contributed by atoms with Gasteiger partial charge in [0.2, 0.25) is 0 Å². The second kappa shape index (κ2) is 6.86. The molecule has 0 aliphatic heterocycles. The summed E-state index contributed by atoms with van der Waals surface area (Å²) in [6, 6.07) is 0. The van der Waals surface area contributed by atoms with Gasteiger partial charge in [0.15, 0.2) is 11.7 Å². The van der Waals surface area contributed by atoms with Crippen LogP contribution in [-0.4, -0.2) is 57.8 Å². The van der Waals surface area contributed by atoms with Gasteiger partial charge >= 0.3 is 0 Å². The fourth-order valence-electron chi connectivity index (χ4n) is 1.74. The van der Waals surface area contributed by atoms with E-state index in [4.69, 9.17) is 21.2 Å². The number of aryl methyl sites for hydroxylation is 1. The molecule has 8 heteroatoms. The van der Waals surface area contributed by atoms with Crippen molar-refractivity contribution >= 4 is 11.7 Å². The van der Waals surface area contributed by atoms with Crippen LogP contribution in [0.5, 0.6) is 0 Å². The van der Waals surface area contributed by atoms with Crippen LogP contribution in [0.2, 0.25) is 0 Å². The molecule has 0 atom stereocenters. The van der Waals surface area contributed by atoms with Crippen LogP contribution in [0, 0.1) is 13.8 Å². The van der Waals surface area contributed by atoms with Gasteiger partial charge < -0.3 is 26.1 Å². The van der Waals surface area contributed by atoms with Crippen molar-refractivity contribution < 1.29 is 15.4 Å². The van der Waals surface area contributed by atoms with Crippen molar-refractivity contribution in [3.05, 3.63) is 16.8 Å². The summed E-state index contributed by atoms with van der Waals surface area (Å²) in [5, 5.41) is 38.0. The van der Waals surface area contributed by atoms with Crippen molar-refractivity contribution in [3.63, 3.8) is 0 Å². The van der Waals surface area contributed by atoms with Gasteiger partial charge in [0, 0.05) is 13.1 Å². The summed E-state index contributed by atoms with van der Waals surface area (Å²) in [5.41, 5.74) is 7.53. The number of aliphatic hydroxyl groups excluding tert-OH is 2. The monoisotopic (exact) mass is 269 g/mol. The number of hydrogen-bond donors (Lipinski definition) is 4. The zero-order valence-electron chi connectivity index (χ0n) is 11.0. The minimum atomic E-state index is -0.107. The summed E-state index contributed by atoms with van der Waals surface area (Å²) in [4.78, 5) is 1.63. The van der Waals surface area contributed by atoms with E-state index in [2.05, 4.69) is 15.4 Å². The van der Waals surface area contributed by atoms with Crippen LogP contribution < -0.4 is 10.6 Å². The molecule has 106 valence electrons. The highest BCUT2D eigenvalue weighted by Gasteiger charge is 2.19. The molecule has 0 aliphatic carbocycles. The van der Waals surface area contributed by atoms with E-state index in [1.54, 1.807) is 18.7 Å². The van der Waals surface area contributed by atoms with Gasteiger partial charge in [-0.1, -0.05) is 5.16 Å². The van der Waals surface area contributed by atoms with E-state index in [1.165, 1.54) is 0 Å². The van der Waals surface area contributed by atoms with Gasteiger partial charge in [0.25, 0.3) is 0 Å². The van der Waals surface area contributed by atoms with E-state index in [9.17, 15) is 0 Å². The predicted molar refractivity (Wildman–Crippen MR) is 70.4 cm³/mol. The number of oxime groups is 1. The van der Waals surface area contributed by atoms with Crippen molar-refractivity contribution in [2.75, 3.05) is 31.2 Å². The van der Waals surface area contributed by atoms with Crippen molar-refractivity contribution in [1.82, 2.24) is 10.2 Å². The Morgan fingerprint density at radius 3 is 2.26 bits per heavy atom. The van der Waals surface area contributed by atoms with E-state index in [0.29, 0.717) is 17.1 Å². The fraction of sp³-hybridized carbons (Fsp3) is 0.545. The lowest BCUT2D eigenvalue weighted by atomic mass is 10.1. The summed E-state index contributed by atoms with van der Waals surface area (Å²) in [5.74, 6) is 0.299. The van der Waals surface area contributed by atoms with Crippen molar-refractivity contribution in [1.29, 1.82) is 0 Å². The molecule has 0 fully saturated rings. The summed E-state index contributed by atoms with van der Waals surface area (Å²) in [6.45, 7) is 3.88. The molecule has 1 heterocycles. The summed E-state index contributed by atoms with van der Waals surface area (Å²) in [6.07, 6.45) is 0. The SMILES string of the molecule is Cc1nnc(N(CCO)CCO)c(C(N)=NO)c1C. The Balaban J connectivity index is 3.36. The maximum absolute atomic E-state index is 9.05. The molecular weight excluding hydrogens is 250 g/mol. The van der Waals surface area contributed by atoms with Crippen LogP contribution in [0.3, 0.4) is 0 Å². The molecule has 1 aromatic rings. The van der Waals surface area contributed by atoms with E-state index in [0.717, 1.165) is 5.56 Å². The van der Waals surface area contributed by atoms with Crippen molar-refractivity contribution in [2.24, 2.45) is 10.9 Å². The number of nitrogens with two attached hydrogens (primary N) is 1. The number of aromatic nitrogens is 2. The molecule has 0 radical (unpaired) electrons. The van der Waals surface area contributed by atoms with Crippen LogP contribution in [0.15, 0.2) is 5.16 Å². The largest absolute Gasteiger partial charge is 0.409 e. The smallest absolute Gasteiger partial charge is 0.174 e. The van der Waals surface area contributed by atoms with E-state index in [1.807, 2.05) is 0 Å². The normalized spacial score (nSPS) is 11.7. The van der Waals surface area contributed by atoms with Crippen LogP contribution >= 0.6 is 0 Å². The first kappa shape index (κ1) is 15.1. The van der Waals surface area contributed by atoms with Gasteiger partial charge in [0.1, 0.15) is 0 Å². The first-order valence-corrected chi connectivity index (χ1v) is 5.85. The van der Waals surface area contributed by atoms with Crippen molar-refractivity contribution in [2.45, 2.75) is 13.8 Å². The lowest BCUT2D eigenvalue weighted by molar-refractivity contribution is 0.280. The average molecular weight is 269 g/mol. The lowest BCUT2D eigenvalue weighted by Gasteiger charge is -2.24. The minimum Gasteiger partial charge on any atom is -0.409 e. The van der Waals surface area contributed by atoms with Gasteiger partial charge in [-0.3, -0.25) is 0 Å². The highest BCUT2D eigenvalue weighted by molar-refractivity contribution is 6.02. The number of nitrogens with zero attached hydrogens (tertiary/aromatic N) is 4. The molecule has 0 saturated heterocycles. The number of hydrogen-bond acceptors (Lipinski definition) is 7. The molecular formula is C11H19N5O3. The molecule has 1 rings (SSSR count). The topological polar surface area (TPSA) is 128 Å². The minimum absolute atomic E-state index is 0.0774. The van der Waals surface area contributed by atoms with Gasteiger partial charge in [0.05, 0.1) is 24.5 Å². The van der Waals surface area contributed by atoms with E-state index >= 15 is 0 Å².